The van der Waals surface area contributed by atoms with Gasteiger partial charge in [0.05, 0.1) is 24.0 Å². The van der Waals surface area contributed by atoms with Gasteiger partial charge in [0.25, 0.3) is 5.56 Å². The first-order chi connectivity index (χ1) is 10.4. The maximum atomic E-state index is 12.3. The molecule has 0 fully saturated rings. The number of hydrogen-bond donors (Lipinski definition) is 2. The summed E-state index contributed by atoms with van der Waals surface area (Å²) >= 11 is 0. The normalized spacial score (nSPS) is 12.0. The maximum absolute atomic E-state index is 12.3. The van der Waals surface area contributed by atoms with Crippen LogP contribution in [-0.4, -0.2) is 37.0 Å². The minimum atomic E-state index is -0.248. The van der Waals surface area contributed by atoms with E-state index in [0.29, 0.717) is 23.5 Å². The molecule has 0 amide bonds. The predicted molar refractivity (Wildman–Crippen MR) is 83.8 cm³/mol. The van der Waals surface area contributed by atoms with Crippen LogP contribution in [0.4, 0.5) is 5.95 Å². The number of anilines is 1. The molecule has 0 atom stereocenters. The number of rotatable bonds is 3. The van der Waals surface area contributed by atoms with Gasteiger partial charge in [0.2, 0.25) is 5.95 Å². The summed E-state index contributed by atoms with van der Waals surface area (Å²) in [6.45, 7) is 6.64. The fourth-order valence-electron chi connectivity index (χ4n) is 2.28. The largest absolute Gasteiger partial charge is 0.339 e. The van der Waals surface area contributed by atoms with E-state index in [1.54, 1.807) is 17.1 Å². The molecular formula is C14H19N7O. The molecule has 0 unspecified atom stereocenters. The Bertz CT molecular complexity index is 838. The van der Waals surface area contributed by atoms with Crippen LogP contribution in [0, 0.1) is 0 Å². The number of fused-ring (bicyclic) bond motifs is 1. The average molecular weight is 301 g/mol. The van der Waals surface area contributed by atoms with Gasteiger partial charge >= 0.3 is 0 Å². The molecule has 0 saturated carbocycles. The Balaban J connectivity index is 2.05. The number of aromatic amines is 2. The molecule has 0 spiro atoms. The molecule has 2 N–H and O–H groups in total. The third-order valence-electron chi connectivity index (χ3n) is 3.39. The van der Waals surface area contributed by atoms with E-state index in [4.69, 9.17) is 0 Å². The van der Waals surface area contributed by atoms with Gasteiger partial charge in [0.1, 0.15) is 5.39 Å². The van der Waals surface area contributed by atoms with E-state index in [9.17, 15) is 4.79 Å². The van der Waals surface area contributed by atoms with Crippen LogP contribution in [0.3, 0.4) is 0 Å². The molecule has 0 aliphatic rings. The van der Waals surface area contributed by atoms with Crippen molar-refractivity contribution < 1.29 is 0 Å². The van der Waals surface area contributed by atoms with Crippen LogP contribution in [0.2, 0.25) is 0 Å². The lowest BCUT2D eigenvalue weighted by molar-refractivity contribution is 0.366. The summed E-state index contributed by atoms with van der Waals surface area (Å²) in [5.74, 6) is 0.498. The Hall–Kier alpha value is -2.64. The highest BCUT2D eigenvalue weighted by molar-refractivity contribution is 5.74. The van der Waals surface area contributed by atoms with Gasteiger partial charge in [-0.1, -0.05) is 0 Å². The van der Waals surface area contributed by atoms with Crippen molar-refractivity contribution in [2.24, 2.45) is 0 Å². The zero-order chi connectivity index (χ0) is 15.9. The molecule has 22 heavy (non-hydrogen) atoms. The Morgan fingerprint density at radius 2 is 2.14 bits per heavy atom. The Morgan fingerprint density at radius 1 is 1.36 bits per heavy atom. The van der Waals surface area contributed by atoms with Gasteiger partial charge in [-0.15, -0.1) is 0 Å². The molecule has 0 saturated heterocycles. The lowest BCUT2D eigenvalue weighted by atomic mass is 10.1. The molecule has 3 rings (SSSR count). The van der Waals surface area contributed by atoms with Gasteiger partial charge in [0, 0.05) is 13.2 Å². The van der Waals surface area contributed by atoms with Crippen molar-refractivity contribution in [3.8, 4) is 0 Å². The standard InChI is InChI=1S/C14H19N7O/c1-14(2,3)21-11-10(7-16-21)12(22)18-13(17-11)20(4)8-9-5-6-15-19-9/h5-7H,8H2,1-4H3,(H,15,19)(H,17,18,22). The van der Waals surface area contributed by atoms with Crippen molar-refractivity contribution in [1.82, 2.24) is 29.9 Å². The maximum Gasteiger partial charge on any atom is 0.263 e. The van der Waals surface area contributed by atoms with E-state index >= 15 is 0 Å². The average Bonchev–Trinajstić information content (AvgIpc) is 3.06. The van der Waals surface area contributed by atoms with Gasteiger partial charge in [-0.3, -0.25) is 14.9 Å². The number of aromatic nitrogens is 6. The molecule has 116 valence electrons. The van der Waals surface area contributed by atoms with Crippen molar-refractivity contribution >= 4 is 17.0 Å². The Morgan fingerprint density at radius 3 is 2.77 bits per heavy atom. The second-order valence-electron chi connectivity index (χ2n) is 6.29. The van der Waals surface area contributed by atoms with Gasteiger partial charge < -0.3 is 4.90 Å². The molecule has 8 nitrogen and oxygen atoms in total. The topological polar surface area (TPSA) is 95.5 Å². The van der Waals surface area contributed by atoms with E-state index in [0.717, 1.165) is 5.69 Å². The summed E-state index contributed by atoms with van der Waals surface area (Å²) < 4.78 is 1.77. The van der Waals surface area contributed by atoms with Crippen molar-refractivity contribution in [2.75, 3.05) is 11.9 Å². The van der Waals surface area contributed by atoms with Crippen LogP contribution in [0.25, 0.3) is 11.0 Å². The third kappa shape index (κ3) is 2.47. The lowest BCUT2D eigenvalue weighted by Crippen LogP contribution is -2.26. The van der Waals surface area contributed by atoms with Crippen LogP contribution in [0.15, 0.2) is 23.3 Å². The van der Waals surface area contributed by atoms with Crippen LogP contribution in [-0.2, 0) is 12.1 Å². The first-order valence-corrected chi connectivity index (χ1v) is 7.04. The van der Waals surface area contributed by atoms with E-state index in [1.165, 1.54) is 0 Å². The molecule has 0 aromatic carbocycles. The van der Waals surface area contributed by atoms with E-state index < -0.39 is 0 Å². The smallest absolute Gasteiger partial charge is 0.263 e. The van der Waals surface area contributed by atoms with Gasteiger partial charge in [-0.2, -0.15) is 15.2 Å². The van der Waals surface area contributed by atoms with Gasteiger partial charge in [-0.05, 0) is 26.8 Å². The molecule has 8 heteroatoms. The zero-order valence-corrected chi connectivity index (χ0v) is 13.1. The fourth-order valence-corrected chi connectivity index (χ4v) is 2.28. The summed E-state index contributed by atoms with van der Waals surface area (Å²) in [7, 11) is 1.86. The van der Waals surface area contributed by atoms with Gasteiger partial charge in [-0.25, -0.2) is 4.68 Å². The molecule has 0 aliphatic carbocycles. The summed E-state index contributed by atoms with van der Waals surface area (Å²) in [6, 6.07) is 1.88. The summed E-state index contributed by atoms with van der Waals surface area (Å²) in [4.78, 5) is 21.5. The highest BCUT2D eigenvalue weighted by Crippen LogP contribution is 2.19. The van der Waals surface area contributed by atoms with E-state index in [1.807, 2.05) is 38.8 Å². The van der Waals surface area contributed by atoms with Crippen molar-refractivity contribution in [3.63, 3.8) is 0 Å². The van der Waals surface area contributed by atoms with Crippen LogP contribution < -0.4 is 10.5 Å². The number of nitrogens with one attached hydrogen (secondary N) is 2. The van der Waals surface area contributed by atoms with Crippen LogP contribution >= 0.6 is 0 Å². The molecule has 3 aromatic rings. The second kappa shape index (κ2) is 4.97. The summed E-state index contributed by atoms with van der Waals surface area (Å²) in [6.07, 6.45) is 3.25. The molecule has 3 aromatic heterocycles. The highest BCUT2D eigenvalue weighted by Gasteiger charge is 2.20. The summed E-state index contributed by atoms with van der Waals surface area (Å²) in [5, 5.41) is 11.6. The van der Waals surface area contributed by atoms with E-state index in [2.05, 4.69) is 25.3 Å². The first-order valence-electron chi connectivity index (χ1n) is 7.04. The minimum absolute atomic E-state index is 0.188. The molecular weight excluding hydrogens is 282 g/mol. The van der Waals surface area contributed by atoms with Crippen molar-refractivity contribution in [2.45, 2.75) is 32.9 Å². The minimum Gasteiger partial charge on any atom is -0.339 e. The molecule has 0 bridgehead atoms. The quantitative estimate of drug-likeness (QED) is 0.758. The van der Waals surface area contributed by atoms with Crippen LogP contribution in [0.5, 0.6) is 0 Å². The molecule has 3 heterocycles. The SMILES string of the molecule is CN(Cc1ccn[nH]1)c1nc2c(cnn2C(C)(C)C)c(=O)[nH]1. The number of H-pyrrole nitrogens is 2. The zero-order valence-electron chi connectivity index (χ0n) is 13.1. The third-order valence-corrected chi connectivity index (χ3v) is 3.39. The Kier molecular flexibility index (Phi) is 3.23. The summed E-state index contributed by atoms with van der Waals surface area (Å²) in [5.41, 5.74) is 1.09. The van der Waals surface area contributed by atoms with E-state index in [-0.39, 0.29) is 11.1 Å². The Labute approximate surface area is 127 Å². The highest BCUT2D eigenvalue weighted by atomic mass is 16.1. The first kappa shape index (κ1) is 14.3. The van der Waals surface area contributed by atoms with Crippen molar-refractivity contribution in [3.05, 3.63) is 34.5 Å². The lowest BCUT2D eigenvalue weighted by Gasteiger charge is -2.21. The fraction of sp³-hybridized carbons (Fsp3) is 0.429. The van der Waals surface area contributed by atoms with Crippen LogP contribution in [0.1, 0.15) is 26.5 Å². The van der Waals surface area contributed by atoms with Crippen molar-refractivity contribution in [1.29, 1.82) is 0 Å². The number of nitrogens with zero attached hydrogens (tertiary/aromatic N) is 5. The molecule has 0 radical (unpaired) electrons. The molecule has 0 aliphatic heterocycles. The number of hydrogen-bond acceptors (Lipinski definition) is 5. The monoisotopic (exact) mass is 301 g/mol. The van der Waals surface area contributed by atoms with Gasteiger partial charge in [0.15, 0.2) is 5.65 Å². The predicted octanol–water partition coefficient (Wildman–Crippen LogP) is 1.23. The second-order valence-corrected chi connectivity index (χ2v) is 6.29.